The van der Waals surface area contributed by atoms with Crippen molar-refractivity contribution >= 4 is 40.9 Å². The number of hydrogen-bond donors (Lipinski definition) is 1. The molecule has 168 valence electrons. The molecule has 0 fully saturated rings. The van der Waals surface area contributed by atoms with Crippen molar-refractivity contribution in [2.24, 2.45) is 0 Å². The highest BCUT2D eigenvalue weighted by atomic mass is 35.5. The highest BCUT2D eigenvalue weighted by Crippen LogP contribution is 2.35. The normalized spacial score (nSPS) is 13.8. The molecular formula is C25H23ClN4O2S. The largest absolute Gasteiger partial charge is 0.350 e. The van der Waals surface area contributed by atoms with Crippen molar-refractivity contribution < 1.29 is 9.59 Å². The van der Waals surface area contributed by atoms with Crippen LogP contribution in [0.4, 0.5) is 5.69 Å². The second-order valence-corrected chi connectivity index (χ2v) is 9.24. The molecule has 4 rings (SSSR count). The van der Waals surface area contributed by atoms with Crippen molar-refractivity contribution in [3.05, 3.63) is 92.7 Å². The molecular weight excluding hydrogens is 456 g/mol. The van der Waals surface area contributed by atoms with Crippen molar-refractivity contribution in [3.8, 4) is 0 Å². The van der Waals surface area contributed by atoms with Crippen LogP contribution in [0.1, 0.15) is 22.5 Å². The number of amides is 2. The molecule has 0 aliphatic carbocycles. The zero-order valence-corrected chi connectivity index (χ0v) is 20.1. The Morgan fingerprint density at radius 2 is 1.64 bits per heavy atom. The number of aromatic nitrogens is 2. The molecule has 0 spiro atoms. The number of nitrogens with zero attached hydrogens (tertiary/aromatic N) is 3. The molecule has 33 heavy (non-hydrogen) atoms. The number of rotatable bonds is 7. The molecule has 0 radical (unpaired) electrons. The first-order valence-corrected chi connectivity index (χ1v) is 11.7. The number of carbonyl (C=O) groups excluding carboxylic acids is 2. The molecule has 3 aromatic rings. The number of benzene rings is 2. The molecule has 1 aromatic heterocycles. The summed E-state index contributed by atoms with van der Waals surface area (Å²) in [6, 6.07) is 17.0. The topological polar surface area (TPSA) is 75.2 Å². The molecule has 1 aliphatic heterocycles. The van der Waals surface area contributed by atoms with Crippen molar-refractivity contribution in [2.75, 3.05) is 11.9 Å². The minimum atomic E-state index is -0.364. The Hall–Kier alpha value is -3.16. The van der Waals surface area contributed by atoms with Gasteiger partial charge in [-0.2, -0.15) is 0 Å². The lowest BCUT2D eigenvalue weighted by atomic mass is 10.1. The van der Waals surface area contributed by atoms with Gasteiger partial charge in [0.05, 0.1) is 0 Å². The Morgan fingerprint density at radius 3 is 2.30 bits per heavy atom. The number of halogens is 1. The van der Waals surface area contributed by atoms with Crippen LogP contribution in [0.25, 0.3) is 0 Å². The van der Waals surface area contributed by atoms with Gasteiger partial charge in [0.25, 0.3) is 11.8 Å². The lowest BCUT2D eigenvalue weighted by Crippen LogP contribution is -2.34. The molecule has 0 saturated carbocycles. The Kier molecular flexibility index (Phi) is 6.81. The predicted octanol–water partition coefficient (Wildman–Crippen LogP) is 5.08. The summed E-state index contributed by atoms with van der Waals surface area (Å²) in [5, 5.41) is 4.21. The monoisotopic (exact) mass is 478 g/mol. The predicted molar refractivity (Wildman–Crippen MR) is 131 cm³/mol. The molecule has 2 amide bonds. The fourth-order valence-corrected chi connectivity index (χ4v) is 4.81. The van der Waals surface area contributed by atoms with Gasteiger partial charge in [0, 0.05) is 28.6 Å². The number of thioether (sulfide) groups is 1. The van der Waals surface area contributed by atoms with Gasteiger partial charge in [0.15, 0.2) is 5.16 Å². The molecule has 8 heteroatoms. The number of imide groups is 1. The van der Waals surface area contributed by atoms with Gasteiger partial charge in [-0.3, -0.25) is 14.5 Å². The summed E-state index contributed by atoms with van der Waals surface area (Å²) in [5.74, 6) is -0.713. The maximum Gasteiger partial charge on any atom is 0.278 e. The molecule has 6 nitrogen and oxygen atoms in total. The van der Waals surface area contributed by atoms with Crippen LogP contribution >= 0.6 is 23.4 Å². The van der Waals surface area contributed by atoms with Gasteiger partial charge in [-0.1, -0.05) is 41.9 Å². The third kappa shape index (κ3) is 5.26. The second-order valence-electron chi connectivity index (χ2n) is 7.82. The van der Waals surface area contributed by atoms with E-state index in [9.17, 15) is 9.59 Å². The molecule has 0 unspecified atom stereocenters. The van der Waals surface area contributed by atoms with E-state index in [-0.39, 0.29) is 29.0 Å². The number of carbonyl (C=O) groups is 2. The molecule has 2 heterocycles. The quantitative estimate of drug-likeness (QED) is 0.377. The van der Waals surface area contributed by atoms with Crippen molar-refractivity contribution in [1.29, 1.82) is 0 Å². The maximum absolute atomic E-state index is 13.4. The zero-order chi connectivity index (χ0) is 23.5. The number of hydrogen-bond acceptors (Lipinski definition) is 6. The van der Waals surface area contributed by atoms with Crippen molar-refractivity contribution in [1.82, 2.24) is 14.9 Å². The maximum atomic E-state index is 13.4. The molecule has 0 bridgehead atoms. The number of nitrogens with one attached hydrogen (secondary N) is 1. The standard InChI is InChI=1S/C25H23ClN4O2S/c1-15-13-19(26)9-10-20(15)29-21-22(33-25-27-16(2)14-17(3)28-25)24(32)30(23(21)31)12-11-18-7-5-4-6-8-18/h4-10,13-14,29H,11-12H2,1-3H3. The van der Waals surface area contributed by atoms with Crippen LogP contribution in [-0.2, 0) is 16.0 Å². The van der Waals surface area contributed by atoms with Gasteiger partial charge in [0.2, 0.25) is 0 Å². The molecule has 0 saturated heterocycles. The first-order chi connectivity index (χ1) is 15.8. The van der Waals surface area contributed by atoms with E-state index >= 15 is 0 Å². The van der Waals surface area contributed by atoms with E-state index in [1.807, 2.05) is 57.2 Å². The van der Waals surface area contributed by atoms with E-state index in [1.54, 1.807) is 18.2 Å². The lowest BCUT2D eigenvalue weighted by molar-refractivity contribution is -0.137. The molecule has 0 atom stereocenters. The van der Waals surface area contributed by atoms with Crippen LogP contribution in [-0.4, -0.2) is 33.2 Å². The summed E-state index contributed by atoms with van der Waals surface area (Å²) < 4.78 is 0. The summed E-state index contributed by atoms with van der Waals surface area (Å²) in [7, 11) is 0. The van der Waals surface area contributed by atoms with Crippen molar-refractivity contribution in [3.63, 3.8) is 0 Å². The highest BCUT2D eigenvalue weighted by molar-refractivity contribution is 8.04. The van der Waals surface area contributed by atoms with E-state index in [1.165, 1.54) is 4.90 Å². The Balaban J connectivity index is 1.66. The van der Waals surface area contributed by atoms with E-state index in [0.29, 0.717) is 22.3 Å². The van der Waals surface area contributed by atoms with Gasteiger partial charge >= 0.3 is 0 Å². The van der Waals surface area contributed by atoms with Crippen LogP contribution in [0.2, 0.25) is 5.02 Å². The summed E-state index contributed by atoms with van der Waals surface area (Å²) in [4.78, 5) is 37.2. The smallest absolute Gasteiger partial charge is 0.278 e. The SMILES string of the molecule is Cc1cc(C)nc(SC2=C(Nc3ccc(Cl)cc3C)C(=O)N(CCc3ccccc3)C2=O)n1. The van der Waals surface area contributed by atoms with Crippen LogP contribution in [0.15, 0.2) is 70.4 Å². The first-order valence-electron chi connectivity index (χ1n) is 10.5. The van der Waals surface area contributed by atoms with Crippen LogP contribution in [0.5, 0.6) is 0 Å². The average Bonchev–Trinajstić information content (AvgIpc) is 2.98. The van der Waals surface area contributed by atoms with Gasteiger partial charge in [-0.25, -0.2) is 9.97 Å². The van der Waals surface area contributed by atoms with E-state index in [0.717, 1.165) is 34.3 Å². The Bertz CT molecular complexity index is 1240. The summed E-state index contributed by atoms with van der Waals surface area (Å²) >= 11 is 7.19. The minimum absolute atomic E-state index is 0.228. The third-order valence-corrected chi connectivity index (χ3v) is 6.38. The van der Waals surface area contributed by atoms with E-state index in [2.05, 4.69) is 15.3 Å². The average molecular weight is 479 g/mol. The molecule has 1 N–H and O–H groups in total. The van der Waals surface area contributed by atoms with E-state index < -0.39 is 0 Å². The highest BCUT2D eigenvalue weighted by Gasteiger charge is 2.39. The van der Waals surface area contributed by atoms with Crippen LogP contribution in [0, 0.1) is 20.8 Å². The van der Waals surface area contributed by atoms with Crippen molar-refractivity contribution in [2.45, 2.75) is 32.3 Å². The zero-order valence-electron chi connectivity index (χ0n) is 18.6. The van der Waals surface area contributed by atoms with Gasteiger partial charge < -0.3 is 5.32 Å². The summed E-state index contributed by atoms with van der Waals surface area (Å²) in [6.07, 6.45) is 0.573. The van der Waals surface area contributed by atoms with Crippen LogP contribution in [0.3, 0.4) is 0 Å². The van der Waals surface area contributed by atoms with Gasteiger partial charge in [-0.15, -0.1) is 0 Å². The first kappa shape index (κ1) is 23.0. The molecule has 2 aromatic carbocycles. The molecule has 1 aliphatic rings. The number of aryl methyl sites for hydroxylation is 3. The third-order valence-electron chi connectivity index (χ3n) is 5.20. The fraction of sp³-hybridized carbons (Fsp3) is 0.200. The summed E-state index contributed by atoms with van der Waals surface area (Å²) in [6.45, 7) is 5.92. The van der Waals surface area contributed by atoms with E-state index in [4.69, 9.17) is 11.6 Å². The number of anilines is 1. The summed E-state index contributed by atoms with van der Waals surface area (Å²) in [5.41, 5.74) is 4.45. The fourth-order valence-electron chi connectivity index (χ4n) is 3.58. The van der Waals surface area contributed by atoms with Gasteiger partial charge in [0.1, 0.15) is 10.6 Å². The van der Waals surface area contributed by atoms with Crippen LogP contribution < -0.4 is 5.32 Å². The Morgan fingerprint density at radius 1 is 0.939 bits per heavy atom. The second kappa shape index (κ2) is 9.77. The lowest BCUT2D eigenvalue weighted by Gasteiger charge is -2.15. The Labute approximate surface area is 202 Å². The minimum Gasteiger partial charge on any atom is -0.350 e. The van der Waals surface area contributed by atoms with Gasteiger partial charge in [-0.05, 0) is 74.3 Å².